The molecule has 2 saturated carbocycles. The summed E-state index contributed by atoms with van der Waals surface area (Å²) in [5.74, 6) is 1.99. The van der Waals surface area contributed by atoms with Crippen molar-refractivity contribution in [1.29, 1.82) is 0 Å². The van der Waals surface area contributed by atoms with E-state index in [1.807, 2.05) is 7.11 Å². The minimum absolute atomic E-state index is 0.603. The molecule has 3 atom stereocenters. The number of ether oxygens (including phenoxy) is 1. The van der Waals surface area contributed by atoms with Crippen LogP contribution in [-0.2, 0) is 4.74 Å². The summed E-state index contributed by atoms with van der Waals surface area (Å²) in [7, 11) is 1.83. The lowest BCUT2D eigenvalue weighted by atomic mass is 10.0. The van der Waals surface area contributed by atoms with Crippen LogP contribution in [0.1, 0.15) is 32.1 Å². The molecule has 1 N–H and O–H groups in total. The van der Waals surface area contributed by atoms with E-state index in [1.165, 1.54) is 45.2 Å². The summed E-state index contributed by atoms with van der Waals surface area (Å²) in [5.41, 5.74) is 0. The third-order valence-electron chi connectivity index (χ3n) is 4.85. The Morgan fingerprint density at radius 2 is 1.88 bits per heavy atom. The SMILES string of the molecule is COCC(CNC1CC1)N1CC2CCCC2C1. The predicted octanol–water partition coefficient (Wildman–Crippen LogP) is 1.49. The first-order chi connectivity index (χ1) is 8.36. The van der Waals surface area contributed by atoms with E-state index < -0.39 is 0 Å². The van der Waals surface area contributed by atoms with Crippen molar-refractivity contribution in [2.75, 3.05) is 33.4 Å². The van der Waals surface area contributed by atoms with Gasteiger partial charge in [-0.2, -0.15) is 0 Å². The van der Waals surface area contributed by atoms with E-state index in [2.05, 4.69) is 10.2 Å². The summed E-state index contributed by atoms with van der Waals surface area (Å²) in [6.45, 7) is 4.66. The second-order valence-corrected chi connectivity index (χ2v) is 6.20. The fraction of sp³-hybridized carbons (Fsp3) is 1.00. The fourth-order valence-corrected chi connectivity index (χ4v) is 3.65. The molecule has 3 aliphatic rings. The molecule has 3 rings (SSSR count). The second kappa shape index (κ2) is 5.25. The molecule has 1 aliphatic heterocycles. The van der Waals surface area contributed by atoms with E-state index in [0.29, 0.717) is 6.04 Å². The van der Waals surface area contributed by atoms with E-state index in [-0.39, 0.29) is 0 Å². The number of hydrogen-bond donors (Lipinski definition) is 1. The number of hydrogen-bond acceptors (Lipinski definition) is 3. The summed E-state index contributed by atoms with van der Waals surface area (Å²) < 4.78 is 5.41. The van der Waals surface area contributed by atoms with Gasteiger partial charge < -0.3 is 10.1 Å². The molecule has 17 heavy (non-hydrogen) atoms. The molecular formula is C14H26N2O. The molecular weight excluding hydrogens is 212 g/mol. The highest BCUT2D eigenvalue weighted by molar-refractivity contribution is 4.92. The number of nitrogens with zero attached hydrogens (tertiary/aromatic N) is 1. The van der Waals surface area contributed by atoms with E-state index in [4.69, 9.17) is 4.74 Å². The van der Waals surface area contributed by atoms with Gasteiger partial charge in [0.15, 0.2) is 0 Å². The molecule has 2 aliphatic carbocycles. The molecule has 0 spiro atoms. The Morgan fingerprint density at radius 3 is 2.47 bits per heavy atom. The fourth-order valence-electron chi connectivity index (χ4n) is 3.65. The quantitative estimate of drug-likeness (QED) is 0.759. The number of methoxy groups -OCH3 is 1. The molecule has 0 aromatic heterocycles. The van der Waals surface area contributed by atoms with Gasteiger partial charge in [-0.15, -0.1) is 0 Å². The topological polar surface area (TPSA) is 24.5 Å². The minimum Gasteiger partial charge on any atom is -0.383 e. The van der Waals surface area contributed by atoms with Crippen LogP contribution in [0.2, 0.25) is 0 Å². The number of fused-ring (bicyclic) bond motifs is 1. The smallest absolute Gasteiger partial charge is 0.0630 e. The van der Waals surface area contributed by atoms with Gasteiger partial charge in [-0.3, -0.25) is 4.90 Å². The molecule has 3 heteroatoms. The van der Waals surface area contributed by atoms with Crippen molar-refractivity contribution in [2.45, 2.75) is 44.2 Å². The van der Waals surface area contributed by atoms with Gasteiger partial charge in [0.1, 0.15) is 0 Å². The van der Waals surface area contributed by atoms with Crippen molar-refractivity contribution in [1.82, 2.24) is 10.2 Å². The van der Waals surface area contributed by atoms with Gasteiger partial charge in [-0.1, -0.05) is 6.42 Å². The Balaban J connectivity index is 1.51. The molecule has 0 radical (unpaired) electrons. The molecule has 0 amide bonds. The highest BCUT2D eigenvalue weighted by Crippen LogP contribution is 2.38. The average Bonchev–Trinajstić information content (AvgIpc) is 2.89. The van der Waals surface area contributed by atoms with Gasteiger partial charge in [0.25, 0.3) is 0 Å². The van der Waals surface area contributed by atoms with Crippen LogP contribution in [0, 0.1) is 11.8 Å². The lowest BCUT2D eigenvalue weighted by Gasteiger charge is -2.28. The largest absolute Gasteiger partial charge is 0.383 e. The first-order valence-electron chi connectivity index (χ1n) is 7.33. The lowest BCUT2D eigenvalue weighted by molar-refractivity contribution is 0.0989. The van der Waals surface area contributed by atoms with Crippen LogP contribution < -0.4 is 5.32 Å². The Morgan fingerprint density at radius 1 is 1.18 bits per heavy atom. The lowest BCUT2D eigenvalue weighted by Crippen LogP contribution is -2.45. The predicted molar refractivity (Wildman–Crippen MR) is 69.1 cm³/mol. The summed E-state index contributed by atoms with van der Waals surface area (Å²) >= 11 is 0. The van der Waals surface area contributed by atoms with Gasteiger partial charge >= 0.3 is 0 Å². The minimum atomic E-state index is 0.603. The van der Waals surface area contributed by atoms with Crippen LogP contribution in [0.25, 0.3) is 0 Å². The normalized spacial score (nSPS) is 35.1. The Bertz CT molecular complexity index is 243. The van der Waals surface area contributed by atoms with Crippen molar-refractivity contribution in [2.24, 2.45) is 11.8 Å². The van der Waals surface area contributed by atoms with E-state index in [1.54, 1.807) is 0 Å². The first kappa shape index (κ1) is 11.9. The zero-order chi connectivity index (χ0) is 11.7. The third kappa shape index (κ3) is 2.83. The molecule has 1 saturated heterocycles. The summed E-state index contributed by atoms with van der Waals surface area (Å²) in [4.78, 5) is 2.69. The van der Waals surface area contributed by atoms with Gasteiger partial charge in [-0.25, -0.2) is 0 Å². The van der Waals surface area contributed by atoms with Crippen molar-refractivity contribution in [3.8, 4) is 0 Å². The Labute approximate surface area is 105 Å². The second-order valence-electron chi connectivity index (χ2n) is 6.20. The van der Waals surface area contributed by atoms with E-state index >= 15 is 0 Å². The number of rotatable bonds is 6. The van der Waals surface area contributed by atoms with Crippen molar-refractivity contribution in [3.05, 3.63) is 0 Å². The zero-order valence-corrected chi connectivity index (χ0v) is 11.0. The van der Waals surface area contributed by atoms with Crippen LogP contribution >= 0.6 is 0 Å². The first-order valence-corrected chi connectivity index (χ1v) is 7.33. The van der Waals surface area contributed by atoms with Crippen LogP contribution in [0.4, 0.5) is 0 Å². The summed E-state index contributed by atoms with van der Waals surface area (Å²) in [6.07, 6.45) is 7.17. The van der Waals surface area contributed by atoms with E-state index in [9.17, 15) is 0 Å². The number of likely N-dealkylation sites (tertiary alicyclic amines) is 1. The molecule has 98 valence electrons. The standard InChI is InChI=1S/C14H26N2O/c1-17-10-14(7-15-13-5-6-13)16-8-11-3-2-4-12(11)9-16/h11-15H,2-10H2,1H3. The molecule has 0 aromatic carbocycles. The highest BCUT2D eigenvalue weighted by Gasteiger charge is 2.38. The molecule has 0 bridgehead atoms. The Hall–Kier alpha value is -0.120. The zero-order valence-electron chi connectivity index (χ0n) is 11.0. The highest BCUT2D eigenvalue weighted by atomic mass is 16.5. The van der Waals surface area contributed by atoms with Gasteiger partial charge in [0.2, 0.25) is 0 Å². The van der Waals surface area contributed by atoms with Crippen LogP contribution in [0.3, 0.4) is 0 Å². The summed E-state index contributed by atoms with van der Waals surface area (Å²) in [5, 5.41) is 3.66. The van der Waals surface area contributed by atoms with Gasteiger partial charge in [0.05, 0.1) is 6.61 Å². The maximum absolute atomic E-state index is 5.41. The van der Waals surface area contributed by atoms with Crippen LogP contribution in [0.15, 0.2) is 0 Å². The van der Waals surface area contributed by atoms with Crippen molar-refractivity contribution in [3.63, 3.8) is 0 Å². The number of nitrogens with one attached hydrogen (secondary N) is 1. The maximum Gasteiger partial charge on any atom is 0.0630 e. The van der Waals surface area contributed by atoms with E-state index in [0.717, 1.165) is 31.0 Å². The van der Waals surface area contributed by atoms with Crippen LogP contribution in [0.5, 0.6) is 0 Å². The monoisotopic (exact) mass is 238 g/mol. The van der Waals surface area contributed by atoms with Crippen molar-refractivity contribution < 1.29 is 4.74 Å². The maximum atomic E-state index is 5.41. The average molecular weight is 238 g/mol. The molecule has 3 unspecified atom stereocenters. The van der Waals surface area contributed by atoms with Gasteiger partial charge in [-0.05, 0) is 37.5 Å². The molecule has 3 nitrogen and oxygen atoms in total. The van der Waals surface area contributed by atoms with Crippen molar-refractivity contribution >= 4 is 0 Å². The van der Waals surface area contributed by atoms with Gasteiger partial charge in [0, 0.05) is 38.8 Å². The Kier molecular flexibility index (Phi) is 3.69. The molecule has 0 aromatic rings. The molecule has 3 fully saturated rings. The third-order valence-corrected chi connectivity index (χ3v) is 4.85. The van der Waals surface area contributed by atoms with Crippen LogP contribution in [-0.4, -0.2) is 50.3 Å². The summed E-state index contributed by atoms with van der Waals surface area (Å²) in [6, 6.07) is 1.42. The molecule has 1 heterocycles.